The first-order chi connectivity index (χ1) is 8.11. The second kappa shape index (κ2) is 6.61. The molecule has 17 heavy (non-hydrogen) atoms. The summed E-state index contributed by atoms with van der Waals surface area (Å²) in [6.07, 6.45) is 1.59. The molecule has 0 atom stereocenters. The number of nitriles is 1. The number of nitrogens with zero attached hydrogens (tertiary/aromatic N) is 2. The van der Waals surface area contributed by atoms with Crippen LogP contribution in [0.3, 0.4) is 0 Å². The van der Waals surface area contributed by atoms with Gasteiger partial charge in [0.2, 0.25) is 5.91 Å². The molecule has 0 saturated carbocycles. The van der Waals surface area contributed by atoms with E-state index < -0.39 is 0 Å². The fraction of sp³-hybridized carbons (Fsp3) is 0.417. The van der Waals surface area contributed by atoms with Crippen LogP contribution < -0.4 is 10.6 Å². The van der Waals surface area contributed by atoms with Gasteiger partial charge in [-0.3, -0.25) is 4.79 Å². The summed E-state index contributed by atoms with van der Waals surface area (Å²) in [5.74, 6) is -0.0328. The van der Waals surface area contributed by atoms with Crippen molar-refractivity contribution in [3.8, 4) is 6.07 Å². The van der Waals surface area contributed by atoms with Gasteiger partial charge in [0.15, 0.2) is 0 Å². The molecule has 1 rings (SSSR count). The molecule has 90 valence electrons. The van der Waals surface area contributed by atoms with E-state index in [1.807, 2.05) is 26.0 Å². The number of amides is 1. The Morgan fingerprint density at radius 1 is 1.59 bits per heavy atom. The van der Waals surface area contributed by atoms with Gasteiger partial charge in [0.25, 0.3) is 0 Å². The first-order valence-electron chi connectivity index (χ1n) is 5.47. The number of hydrogen-bond acceptors (Lipinski definition) is 4. The zero-order chi connectivity index (χ0) is 12.7. The number of carbonyl (C=O) groups is 1. The molecule has 0 aliphatic rings. The van der Waals surface area contributed by atoms with Gasteiger partial charge < -0.3 is 10.6 Å². The summed E-state index contributed by atoms with van der Waals surface area (Å²) in [6, 6.07) is 5.64. The van der Waals surface area contributed by atoms with Crippen LogP contribution in [0.25, 0.3) is 0 Å². The van der Waals surface area contributed by atoms with Gasteiger partial charge in [0.1, 0.15) is 11.8 Å². The molecule has 0 radical (unpaired) electrons. The molecule has 1 amide bonds. The molecule has 5 nitrogen and oxygen atoms in total. The molecule has 0 spiro atoms. The van der Waals surface area contributed by atoms with Gasteiger partial charge in [0.05, 0.1) is 6.54 Å². The summed E-state index contributed by atoms with van der Waals surface area (Å²) in [7, 11) is 0. The smallest absolute Gasteiger partial charge is 0.234 e. The molecule has 0 bridgehead atoms. The summed E-state index contributed by atoms with van der Waals surface area (Å²) < 4.78 is 0. The van der Waals surface area contributed by atoms with Gasteiger partial charge in [-0.25, -0.2) is 4.98 Å². The third-order valence-corrected chi connectivity index (χ3v) is 2.00. The number of nitrogens with one attached hydrogen (secondary N) is 2. The molecule has 0 unspecified atom stereocenters. The van der Waals surface area contributed by atoms with Crippen LogP contribution in [0.2, 0.25) is 0 Å². The van der Waals surface area contributed by atoms with Crippen LogP contribution in [0.1, 0.15) is 25.1 Å². The number of carbonyl (C=O) groups excluding carboxylic acids is 1. The molecule has 0 fully saturated rings. The van der Waals surface area contributed by atoms with Crippen LogP contribution in [0.15, 0.2) is 18.3 Å². The molecular weight excluding hydrogens is 216 g/mol. The van der Waals surface area contributed by atoms with Gasteiger partial charge in [-0.2, -0.15) is 5.26 Å². The maximum atomic E-state index is 11.3. The Hall–Kier alpha value is -1.93. The molecule has 1 aromatic rings. The third-order valence-electron chi connectivity index (χ3n) is 2.00. The molecule has 0 aliphatic carbocycles. The van der Waals surface area contributed by atoms with Crippen LogP contribution in [0, 0.1) is 11.3 Å². The topological polar surface area (TPSA) is 77.8 Å². The minimum absolute atomic E-state index is 0.0328. The number of pyridine rings is 1. The highest BCUT2D eigenvalue weighted by Crippen LogP contribution is 1.99. The van der Waals surface area contributed by atoms with E-state index in [0.717, 1.165) is 5.56 Å². The van der Waals surface area contributed by atoms with Gasteiger partial charge in [-0.15, -0.1) is 0 Å². The summed E-state index contributed by atoms with van der Waals surface area (Å²) in [5, 5.41) is 14.5. The van der Waals surface area contributed by atoms with E-state index in [1.165, 1.54) is 0 Å². The Balaban J connectivity index is 2.36. The predicted octanol–water partition coefficient (Wildman–Crippen LogP) is 0.567. The van der Waals surface area contributed by atoms with Crippen molar-refractivity contribution < 1.29 is 4.79 Å². The number of aromatic nitrogens is 1. The summed E-state index contributed by atoms with van der Waals surface area (Å²) in [4.78, 5) is 15.2. The lowest BCUT2D eigenvalue weighted by atomic mass is 10.2. The Morgan fingerprint density at radius 2 is 2.35 bits per heavy atom. The Labute approximate surface area is 101 Å². The zero-order valence-electron chi connectivity index (χ0n) is 10.0. The standard InChI is InChI=1S/C12H16N4O/c1-9(2)16-12(17)8-14-7-10-3-4-15-11(5-10)6-13/h3-5,9,14H,7-8H2,1-2H3,(H,16,17). The van der Waals surface area contributed by atoms with E-state index in [1.54, 1.807) is 12.3 Å². The van der Waals surface area contributed by atoms with Crippen LogP contribution in [0.5, 0.6) is 0 Å². The minimum Gasteiger partial charge on any atom is -0.353 e. The average molecular weight is 232 g/mol. The first-order valence-corrected chi connectivity index (χ1v) is 5.47. The number of hydrogen-bond donors (Lipinski definition) is 2. The van der Waals surface area contributed by atoms with E-state index in [0.29, 0.717) is 12.2 Å². The van der Waals surface area contributed by atoms with Crippen molar-refractivity contribution in [3.05, 3.63) is 29.6 Å². The van der Waals surface area contributed by atoms with E-state index in [4.69, 9.17) is 5.26 Å². The fourth-order valence-corrected chi connectivity index (χ4v) is 1.34. The molecular formula is C12H16N4O. The van der Waals surface area contributed by atoms with Crippen molar-refractivity contribution in [1.29, 1.82) is 5.26 Å². The third kappa shape index (κ3) is 5.09. The SMILES string of the molecule is CC(C)NC(=O)CNCc1ccnc(C#N)c1. The fourth-order valence-electron chi connectivity index (χ4n) is 1.34. The molecule has 1 aromatic heterocycles. The normalized spacial score (nSPS) is 10.0. The highest BCUT2D eigenvalue weighted by molar-refractivity contribution is 5.78. The van der Waals surface area contributed by atoms with Crippen LogP contribution in [-0.2, 0) is 11.3 Å². The highest BCUT2D eigenvalue weighted by atomic mass is 16.1. The molecule has 0 aromatic carbocycles. The van der Waals surface area contributed by atoms with Gasteiger partial charge in [-0.05, 0) is 31.5 Å². The Bertz CT molecular complexity index is 423. The first kappa shape index (κ1) is 13.1. The lowest BCUT2D eigenvalue weighted by molar-refractivity contribution is -0.120. The van der Waals surface area contributed by atoms with Crippen LogP contribution in [0.4, 0.5) is 0 Å². The van der Waals surface area contributed by atoms with Crippen LogP contribution in [-0.4, -0.2) is 23.5 Å². The predicted molar refractivity (Wildman–Crippen MR) is 63.9 cm³/mol. The summed E-state index contributed by atoms with van der Waals surface area (Å²) in [6.45, 7) is 4.64. The lowest BCUT2D eigenvalue weighted by Crippen LogP contribution is -2.37. The molecule has 1 heterocycles. The summed E-state index contributed by atoms with van der Waals surface area (Å²) >= 11 is 0. The van der Waals surface area contributed by atoms with E-state index in [2.05, 4.69) is 15.6 Å². The summed E-state index contributed by atoms with van der Waals surface area (Å²) in [5.41, 5.74) is 1.32. The second-order valence-corrected chi connectivity index (χ2v) is 3.99. The van der Waals surface area contributed by atoms with E-state index in [9.17, 15) is 4.79 Å². The maximum Gasteiger partial charge on any atom is 0.234 e. The van der Waals surface area contributed by atoms with Crippen molar-refractivity contribution in [3.63, 3.8) is 0 Å². The Morgan fingerprint density at radius 3 is 3.00 bits per heavy atom. The van der Waals surface area contributed by atoms with Crippen molar-refractivity contribution in [2.45, 2.75) is 26.4 Å². The molecule has 5 heteroatoms. The van der Waals surface area contributed by atoms with Crippen LogP contribution >= 0.6 is 0 Å². The molecule has 0 aliphatic heterocycles. The quantitative estimate of drug-likeness (QED) is 0.778. The largest absolute Gasteiger partial charge is 0.353 e. The van der Waals surface area contributed by atoms with Gasteiger partial charge >= 0.3 is 0 Å². The van der Waals surface area contributed by atoms with Gasteiger partial charge in [-0.1, -0.05) is 0 Å². The monoisotopic (exact) mass is 232 g/mol. The lowest BCUT2D eigenvalue weighted by Gasteiger charge is -2.09. The van der Waals surface area contributed by atoms with Crippen molar-refractivity contribution in [2.24, 2.45) is 0 Å². The highest BCUT2D eigenvalue weighted by Gasteiger charge is 2.02. The minimum atomic E-state index is -0.0328. The maximum absolute atomic E-state index is 11.3. The van der Waals surface area contributed by atoms with Crippen molar-refractivity contribution in [1.82, 2.24) is 15.6 Å². The second-order valence-electron chi connectivity index (χ2n) is 3.99. The zero-order valence-corrected chi connectivity index (χ0v) is 10.0. The van der Waals surface area contributed by atoms with E-state index >= 15 is 0 Å². The molecule has 0 saturated heterocycles. The average Bonchev–Trinajstić information content (AvgIpc) is 2.28. The van der Waals surface area contributed by atoms with Crippen molar-refractivity contribution >= 4 is 5.91 Å². The van der Waals surface area contributed by atoms with E-state index in [-0.39, 0.29) is 18.5 Å². The number of rotatable bonds is 5. The van der Waals surface area contributed by atoms with Crippen molar-refractivity contribution in [2.75, 3.05) is 6.54 Å². The Kier molecular flexibility index (Phi) is 5.11. The molecule has 2 N–H and O–H groups in total. The van der Waals surface area contributed by atoms with Gasteiger partial charge in [0, 0.05) is 18.8 Å².